The Morgan fingerprint density at radius 2 is 0.944 bits per heavy atom. The third-order valence-corrected chi connectivity index (χ3v) is 3.33. The van der Waals surface area contributed by atoms with Crippen molar-refractivity contribution in [3.63, 3.8) is 0 Å². The zero-order chi connectivity index (χ0) is 12.8. The molecule has 2 rings (SSSR count). The van der Waals surface area contributed by atoms with Crippen LogP contribution in [0.1, 0.15) is 23.0 Å². The van der Waals surface area contributed by atoms with Gasteiger partial charge >= 0.3 is 0 Å². The van der Waals surface area contributed by atoms with E-state index in [1.807, 2.05) is 60.7 Å². The lowest BCUT2D eigenvalue weighted by molar-refractivity contribution is 0.196. The summed E-state index contributed by atoms with van der Waals surface area (Å²) in [6, 6.07) is 19.7. The average molecular weight is 242 g/mol. The second-order valence-corrected chi connectivity index (χ2v) is 4.40. The van der Waals surface area contributed by atoms with Gasteiger partial charge in [0.15, 0.2) is 0 Å². The molecule has 0 saturated carbocycles. The van der Waals surface area contributed by atoms with Crippen LogP contribution < -0.4 is 0 Å². The minimum atomic E-state index is -0.0707. The quantitative estimate of drug-likeness (QED) is 0.846. The minimum absolute atomic E-state index is 0.0319. The van der Waals surface area contributed by atoms with Gasteiger partial charge in [-0.2, -0.15) is 0 Å². The molecule has 0 aliphatic carbocycles. The molecule has 0 aromatic heterocycles. The van der Waals surface area contributed by atoms with E-state index in [0.717, 1.165) is 11.1 Å². The van der Waals surface area contributed by atoms with E-state index in [-0.39, 0.29) is 25.0 Å². The van der Waals surface area contributed by atoms with Crippen molar-refractivity contribution < 1.29 is 10.2 Å². The topological polar surface area (TPSA) is 40.5 Å². The molecular formula is C16H18O2. The molecule has 0 aliphatic rings. The average Bonchev–Trinajstić information content (AvgIpc) is 2.46. The Kier molecular flexibility index (Phi) is 4.51. The van der Waals surface area contributed by atoms with Gasteiger partial charge in [-0.1, -0.05) is 60.7 Å². The maximum atomic E-state index is 9.63. The molecule has 0 bridgehead atoms. The predicted octanol–water partition coefficient (Wildman–Crippen LogP) is 2.54. The second-order valence-electron chi connectivity index (χ2n) is 4.40. The molecule has 0 unspecified atom stereocenters. The molecule has 94 valence electrons. The van der Waals surface area contributed by atoms with Crippen molar-refractivity contribution in [3.8, 4) is 0 Å². The summed E-state index contributed by atoms with van der Waals surface area (Å²) in [7, 11) is 0. The van der Waals surface area contributed by atoms with E-state index in [9.17, 15) is 10.2 Å². The highest BCUT2D eigenvalue weighted by Gasteiger charge is 2.23. The Morgan fingerprint density at radius 3 is 1.22 bits per heavy atom. The molecule has 0 heterocycles. The summed E-state index contributed by atoms with van der Waals surface area (Å²) in [5.41, 5.74) is 2.12. The summed E-state index contributed by atoms with van der Waals surface area (Å²) < 4.78 is 0. The molecule has 2 nitrogen and oxygen atoms in total. The smallest absolute Gasteiger partial charge is 0.0506 e. The van der Waals surface area contributed by atoms with Crippen molar-refractivity contribution in [1.29, 1.82) is 0 Å². The SMILES string of the molecule is OC[C@H](c1ccccc1)[C@@H](CO)c1ccccc1. The van der Waals surface area contributed by atoms with Crippen molar-refractivity contribution in [2.24, 2.45) is 0 Å². The first-order valence-electron chi connectivity index (χ1n) is 6.18. The lowest BCUT2D eigenvalue weighted by atomic mass is 9.82. The second kappa shape index (κ2) is 6.34. The van der Waals surface area contributed by atoms with Gasteiger partial charge in [0.05, 0.1) is 13.2 Å². The van der Waals surface area contributed by atoms with Crippen LogP contribution in [0.3, 0.4) is 0 Å². The van der Waals surface area contributed by atoms with Crippen LogP contribution in [0.2, 0.25) is 0 Å². The maximum Gasteiger partial charge on any atom is 0.0506 e. The number of rotatable bonds is 5. The predicted molar refractivity (Wildman–Crippen MR) is 72.5 cm³/mol. The van der Waals surface area contributed by atoms with E-state index in [2.05, 4.69) is 0 Å². The number of aliphatic hydroxyl groups is 2. The number of hydrogen-bond donors (Lipinski definition) is 2. The van der Waals surface area contributed by atoms with Crippen LogP contribution in [-0.2, 0) is 0 Å². The molecule has 0 spiro atoms. The molecule has 0 radical (unpaired) electrons. The van der Waals surface area contributed by atoms with Gasteiger partial charge in [-0.3, -0.25) is 0 Å². The number of aliphatic hydroxyl groups excluding tert-OH is 2. The maximum absolute atomic E-state index is 9.63. The first-order valence-corrected chi connectivity index (χ1v) is 6.18. The molecular weight excluding hydrogens is 224 g/mol. The lowest BCUT2D eigenvalue weighted by Gasteiger charge is -2.24. The Hall–Kier alpha value is -1.64. The normalized spacial score (nSPS) is 14.1. The summed E-state index contributed by atoms with van der Waals surface area (Å²) >= 11 is 0. The Morgan fingerprint density at radius 1 is 0.611 bits per heavy atom. The highest BCUT2D eigenvalue weighted by Crippen LogP contribution is 2.32. The molecule has 2 heteroatoms. The largest absolute Gasteiger partial charge is 0.396 e. The molecule has 0 fully saturated rings. The van der Waals surface area contributed by atoms with Crippen LogP contribution in [0.4, 0.5) is 0 Å². The van der Waals surface area contributed by atoms with E-state index in [1.165, 1.54) is 0 Å². The van der Waals surface area contributed by atoms with Crippen molar-refractivity contribution in [2.75, 3.05) is 13.2 Å². The molecule has 2 aromatic rings. The van der Waals surface area contributed by atoms with Gasteiger partial charge in [-0.05, 0) is 11.1 Å². The van der Waals surface area contributed by atoms with E-state index >= 15 is 0 Å². The summed E-state index contributed by atoms with van der Waals surface area (Å²) in [5.74, 6) is -0.141. The zero-order valence-corrected chi connectivity index (χ0v) is 10.2. The molecule has 18 heavy (non-hydrogen) atoms. The first kappa shape index (κ1) is 12.8. The number of benzene rings is 2. The van der Waals surface area contributed by atoms with Crippen molar-refractivity contribution in [3.05, 3.63) is 71.8 Å². The highest BCUT2D eigenvalue weighted by molar-refractivity contribution is 5.28. The van der Waals surface area contributed by atoms with Gasteiger partial charge in [-0.15, -0.1) is 0 Å². The van der Waals surface area contributed by atoms with E-state index in [0.29, 0.717) is 0 Å². The van der Waals surface area contributed by atoms with Crippen LogP contribution in [0.5, 0.6) is 0 Å². The standard InChI is InChI=1S/C16H18O2/c17-11-15(13-7-3-1-4-8-13)16(12-18)14-9-5-2-6-10-14/h1-10,15-18H,11-12H2/t15-,16+. The fourth-order valence-electron chi connectivity index (χ4n) is 2.33. The van der Waals surface area contributed by atoms with Crippen molar-refractivity contribution >= 4 is 0 Å². The van der Waals surface area contributed by atoms with Crippen LogP contribution >= 0.6 is 0 Å². The minimum Gasteiger partial charge on any atom is -0.396 e. The third-order valence-electron chi connectivity index (χ3n) is 3.33. The monoisotopic (exact) mass is 242 g/mol. The van der Waals surface area contributed by atoms with Gasteiger partial charge in [0.25, 0.3) is 0 Å². The van der Waals surface area contributed by atoms with E-state index < -0.39 is 0 Å². The van der Waals surface area contributed by atoms with E-state index in [1.54, 1.807) is 0 Å². The van der Waals surface area contributed by atoms with Gasteiger partial charge in [0.1, 0.15) is 0 Å². The molecule has 0 saturated heterocycles. The van der Waals surface area contributed by atoms with Crippen LogP contribution in [0.15, 0.2) is 60.7 Å². The van der Waals surface area contributed by atoms with Crippen LogP contribution in [0.25, 0.3) is 0 Å². The molecule has 2 aromatic carbocycles. The zero-order valence-electron chi connectivity index (χ0n) is 10.2. The molecule has 0 aliphatic heterocycles. The van der Waals surface area contributed by atoms with Gasteiger partial charge in [0, 0.05) is 11.8 Å². The van der Waals surface area contributed by atoms with Gasteiger partial charge in [0.2, 0.25) is 0 Å². The first-order chi connectivity index (χ1) is 8.86. The summed E-state index contributed by atoms with van der Waals surface area (Å²) in [6.45, 7) is 0.0638. The summed E-state index contributed by atoms with van der Waals surface area (Å²) in [6.07, 6.45) is 0. The van der Waals surface area contributed by atoms with Crippen LogP contribution in [-0.4, -0.2) is 23.4 Å². The Bertz CT molecular complexity index is 408. The van der Waals surface area contributed by atoms with E-state index in [4.69, 9.17) is 0 Å². The van der Waals surface area contributed by atoms with Crippen LogP contribution in [0, 0.1) is 0 Å². The Labute approximate surface area is 108 Å². The fourth-order valence-corrected chi connectivity index (χ4v) is 2.33. The third kappa shape index (κ3) is 2.78. The number of hydrogen-bond acceptors (Lipinski definition) is 2. The fraction of sp³-hybridized carbons (Fsp3) is 0.250. The molecule has 0 amide bonds. The Balaban J connectivity index is 2.31. The summed E-state index contributed by atoms with van der Waals surface area (Å²) in [5, 5.41) is 19.3. The molecule has 2 N–H and O–H groups in total. The van der Waals surface area contributed by atoms with Crippen molar-refractivity contribution in [1.82, 2.24) is 0 Å². The summed E-state index contributed by atoms with van der Waals surface area (Å²) in [4.78, 5) is 0. The van der Waals surface area contributed by atoms with Gasteiger partial charge < -0.3 is 10.2 Å². The van der Waals surface area contributed by atoms with Gasteiger partial charge in [-0.25, -0.2) is 0 Å². The highest BCUT2D eigenvalue weighted by atomic mass is 16.3. The lowest BCUT2D eigenvalue weighted by Crippen LogP contribution is -2.18. The molecule has 2 atom stereocenters. The van der Waals surface area contributed by atoms with Crippen molar-refractivity contribution in [2.45, 2.75) is 11.8 Å².